The van der Waals surface area contributed by atoms with Gasteiger partial charge in [-0.3, -0.25) is 10.1 Å². The molecule has 0 aromatic heterocycles. The average molecular weight is 241 g/mol. The quantitative estimate of drug-likeness (QED) is 0.778. The fraction of sp³-hybridized carbons (Fsp3) is 0.929. The van der Waals surface area contributed by atoms with E-state index in [1.54, 1.807) is 0 Å². The van der Waals surface area contributed by atoms with Gasteiger partial charge in [0.15, 0.2) is 0 Å². The molecule has 0 saturated heterocycles. The molecule has 0 radical (unpaired) electrons. The van der Waals surface area contributed by atoms with Gasteiger partial charge >= 0.3 is 5.97 Å². The summed E-state index contributed by atoms with van der Waals surface area (Å²) in [5, 5.41) is 12.9. The summed E-state index contributed by atoms with van der Waals surface area (Å²) >= 11 is 0. The van der Waals surface area contributed by atoms with Crippen molar-refractivity contribution in [2.75, 3.05) is 0 Å². The van der Waals surface area contributed by atoms with E-state index in [0.717, 1.165) is 32.1 Å². The van der Waals surface area contributed by atoms with Crippen molar-refractivity contribution in [1.29, 1.82) is 0 Å². The van der Waals surface area contributed by atoms with E-state index in [-0.39, 0.29) is 6.04 Å². The third kappa shape index (κ3) is 3.98. The van der Waals surface area contributed by atoms with Crippen LogP contribution in [-0.2, 0) is 4.79 Å². The Morgan fingerprint density at radius 2 is 2.12 bits per heavy atom. The lowest BCUT2D eigenvalue weighted by Crippen LogP contribution is -2.57. The molecule has 2 N–H and O–H groups in total. The van der Waals surface area contributed by atoms with Crippen molar-refractivity contribution >= 4 is 5.97 Å². The number of hydrogen-bond acceptors (Lipinski definition) is 2. The molecule has 3 unspecified atom stereocenters. The molecule has 0 aromatic carbocycles. The van der Waals surface area contributed by atoms with E-state index in [0.29, 0.717) is 11.8 Å². The number of nitrogens with one attached hydrogen (secondary N) is 1. The largest absolute Gasteiger partial charge is 0.480 e. The van der Waals surface area contributed by atoms with Gasteiger partial charge < -0.3 is 5.11 Å². The number of rotatable bonds is 5. The molecule has 100 valence electrons. The van der Waals surface area contributed by atoms with Crippen LogP contribution in [0.1, 0.15) is 59.8 Å². The molecule has 1 aliphatic carbocycles. The van der Waals surface area contributed by atoms with Crippen LogP contribution in [0.5, 0.6) is 0 Å². The molecule has 1 aliphatic rings. The Labute approximate surface area is 105 Å². The predicted molar refractivity (Wildman–Crippen MR) is 70.1 cm³/mol. The summed E-state index contributed by atoms with van der Waals surface area (Å²) in [6.07, 6.45) is 4.76. The number of aliphatic carboxylic acids is 1. The van der Waals surface area contributed by atoms with Crippen LogP contribution in [0, 0.1) is 11.8 Å². The van der Waals surface area contributed by atoms with E-state index in [1.165, 1.54) is 0 Å². The second-order valence-corrected chi connectivity index (χ2v) is 6.26. The van der Waals surface area contributed by atoms with Crippen LogP contribution in [0.4, 0.5) is 0 Å². The minimum absolute atomic E-state index is 0.274. The molecule has 3 nitrogen and oxygen atoms in total. The maximum absolute atomic E-state index is 11.6. The molecule has 3 atom stereocenters. The number of hydrogen-bond donors (Lipinski definition) is 2. The lowest BCUT2D eigenvalue weighted by molar-refractivity contribution is -0.147. The van der Waals surface area contributed by atoms with Crippen molar-refractivity contribution in [2.45, 2.75) is 71.4 Å². The van der Waals surface area contributed by atoms with E-state index in [9.17, 15) is 9.90 Å². The van der Waals surface area contributed by atoms with Crippen molar-refractivity contribution in [2.24, 2.45) is 11.8 Å². The Morgan fingerprint density at radius 1 is 1.47 bits per heavy atom. The van der Waals surface area contributed by atoms with E-state index < -0.39 is 11.5 Å². The molecule has 0 aliphatic heterocycles. The second-order valence-electron chi connectivity index (χ2n) is 6.26. The summed E-state index contributed by atoms with van der Waals surface area (Å²) in [5.41, 5.74) is -0.675. The Bertz CT molecular complexity index is 265. The van der Waals surface area contributed by atoms with Crippen LogP contribution in [0.2, 0.25) is 0 Å². The summed E-state index contributed by atoms with van der Waals surface area (Å²) in [5.74, 6) is 0.447. The Morgan fingerprint density at radius 3 is 2.59 bits per heavy atom. The Hall–Kier alpha value is -0.570. The standard InChI is InChI=1S/C14H27NO2/c1-10(2)8-12(4)15-14(13(16)17)7-5-6-11(3)9-14/h10-12,15H,5-9H2,1-4H3,(H,16,17). The third-order valence-electron chi connectivity index (χ3n) is 3.75. The van der Waals surface area contributed by atoms with Gasteiger partial charge in [-0.25, -0.2) is 0 Å². The highest BCUT2D eigenvalue weighted by atomic mass is 16.4. The monoisotopic (exact) mass is 241 g/mol. The molecule has 1 fully saturated rings. The third-order valence-corrected chi connectivity index (χ3v) is 3.75. The Kier molecular flexibility index (Phi) is 4.99. The van der Waals surface area contributed by atoms with Gasteiger partial charge in [-0.2, -0.15) is 0 Å². The van der Waals surface area contributed by atoms with Crippen LogP contribution in [0.15, 0.2) is 0 Å². The second kappa shape index (κ2) is 5.85. The topological polar surface area (TPSA) is 49.3 Å². The van der Waals surface area contributed by atoms with Crippen LogP contribution in [0.3, 0.4) is 0 Å². The maximum Gasteiger partial charge on any atom is 0.323 e. The normalized spacial score (nSPS) is 31.5. The first kappa shape index (κ1) is 14.5. The lowest BCUT2D eigenvalue weighted by atomic mass is 9.76. The summed E-state index contributed by atoms with van der Waals surface area (Å²) < 4.78 is 0. The van der Waals surface area contributed by atoms with Crippen molar-refractivity contribution < 1.29 is 9.90 Å². The molecule has 1 saturated carbocycles. The van der Waals surface area contributed by atoms with E-state index in [1.807, 2.05) is 0 Å². The number of carbonyl (C=O) groups is 1. The minimum atomic E-state index is -0.675. The highest BCUT2D eigenvalue weighted by molar-refractivity contribution is 5.79. The molecule has 0 heterocycles. The smallest absolute Gasteiger partial charge is 0.323 e. The first-order valence-corrected chi connectivity index (χ1v) is 6.87. The van der Waals surface area contributed by atoms with E-state index >= 15 is 0 Å². The molecular formula is C14H27NO2. The van der Waals surface area contributed by atoms with Crippen LogP contribution in [-0.4, -0.2) is 22.7 Å². The van der Waals surface area contributed by atoms with E-state index in [4.69, 9.17) is 0 Å². The first-order valence-electron chi connectivity index (χ1n) is 6.87. The Balaban J connectivity index is 2.68. The van der Waals surface area contributed by atoms with Gasteiger partial charge in [0, 0.05) is 6.04 Å². The first-order chi connectivity index (χ1) is 7.85. The van der Waals surface area contributed by atoms with Crippen molar-refractivity contribution in [3.63, 3.8) is 0 Å². The van der Waals surface area contributed by atoms with E-state index in [2.05, 4.69) is 33.0 Å². The van der Waals surface area contributed by atoms with Crippen LogP contribution in [0.25, 0.3) is 0 Å². The van der Waals surface area contributed by atoms with Crippen molar-refractivity contribution in [3.05, 3.63) is 0 Å². The lowest BCUT2D eigenvalue weighted by Gasteiger charge is -2.39. The number of carboxylic acids is 1. The summed E-state index contributed by atoms with van der Waals surface area (Å²) in [7, 11) is 0. The van der Waals surface area contributed by atoms with Gasteiger partial charge in [0.05, 0.1) is 0 Å². The van der Waals surface area contributed by atoms with Gasteiger partial charge in [0.25, 0.3) is 0 Å². The zero-order valence-electron chi connectivity index (χ0n) is 11.6. The van der Waals surface area contributed by atoms with Gasteiger partial charge in [0.2, 0.25) is 0 Å². The SMILES string of the molecule is CC(C)CC(C)NC1(C(=O)O)CCCC(C)C1. The fourth-order valence-electron chi connectivity index (χ4n) is 3.18. The molecule has 0 bridgehead atoms. The summed E-state index contributed by atoms with van der Waals surface area (Å²) in [6.45, 7) is 8.61. The summed E-state index contributed by atoms with van der Waals surface area (Å²) in [6, 6.07) is 0.274. The predicted octanol–water partition coefficient (Wildman–Crippen LogP) is 3.04. The molecule has 1 rings (SSSR count). The van der Waals surface area contributed by atoms with Gasteiger partial charge in [-0.15, -0.1) is 0 Å². The molecule has 0 spiro atoms. The minimum Gasteiger partial charge on any atom is -0.480 e. The molecule has 0 aromatic rings. The van der Waals surface area contributed by atoms with Gasteiger partial charge in [0.1, 0.15) is 5.54 Å². The zero-order valence-corrected chi connectivity index (χ0v) is 11.6. The van der Waals surface area contributed by atoms with Crippen LogP contribution < -0.4 is 5.32 Å². The summed E-state index contributed by atoms with van der Waals surface area (Å²) in [4.78, 5) is 11.6. The van der Waals surface area contributed by atoms with Crippen molar-refractivity contribution in [1.82, 2.24) is 5.32 Å². The zero-order chi connectivity index (χ0) is 13.1. The highest BCUT2D eigenvalue weighted by Crippen LogP contribution is 2.33. The van der Waals surface area contributed by atoms with Gasteiger partial charge in [-0.05, 0) is 38.0 Å². The number of carboxylic acid groups (broad SMARTS) is 1. The molecule has 17 heavy (non-hydrogen) atoms. The molecular weight excluding hydrogens is 214 g/mol. The van der Waals surface area contributed by atoms with Crippen LogP contribution >= 0.6 is 0 Å². The van der Waals surface area contributed by atoms with Crippen molar-refractivity contribution in [3.8, 4) is 0 Å². The van der Waals surface area contributed by atoms with Gasteiger partial charge in [-0.1, -0.05) is 33.6 Å². The highest BCUT2D eigenvalue weighted by Gasteiger charge is 2.42. The molecule has 0 amide bonds. The fourth-order valence-corrected chi connectivity index (χ4v) is 3.18. The molecule has 3 heteroatoms. The maximum atomic E-state index is 11.6. The average Bonchev–Trinajstić information content (AvgIpc) is 2.15.